The molecule has 0 atom stereocenters. The molecule has 0 N–H and O–H groups in total. The van der Waals surface area contributed by atoms with Crippen molar-refractivity contribution in [2.45, 2.75) is 0 Å². The Kier molecular flexibility index (Phi) is 3.72. The summed E-state index contributed by atoms with van der Waals surface area (Å²) in [6.07, 6.45) is 0. The maximum Gasteiger partial charge on any atom is 0.0620 e. The Balaban J connectivity index is 1.45. The van der Waals surface area contributed by atoms with Crippen molar-refractivity contribution in [3.8, 4) is 22.3 Å². The normalized spacial score (nSPS) is 12.0. The van der Waals surface area contributed by atoms with Crippen LogP contribution in [0.4, 0.5) is 0 Å². The Hall–Kier alpha value is -4.62. The van der Waals surface area contributed by atoms with Gasteiger partial charge in [0.1, 0.15) is 0 Å². The molecule has 0 bridgehead atoms. The molecule has 0 unspecified atom stereocenters. The molecule has 8 rings (SSSR count). The van der Waals surface area contributed by atoms with E-state index < -0.39 is 0 Å². The maximum absolute atomic E-state index is 2.47. The molecule has 8 aromatic rings. The summed E-state index contributed by atoms with van der Waals surface area (Å²) in [5, 5.41) is 7.84. The predicted octanol–water partition coefficient (Wildman–Crippen LogP) is 9.32. The van der Waals surface area contributed by atoms with E-state index in [0.717, 1.165) is 0 Å². The average molecular weight is 444 g/mol. The molecule has 0 aliphatic heterocycles. The molecule has 0 saturated heterocycles. The lowest BCUT2D eigenvalue weighted by molar-refractivity contribution is 1.37. The van der Waals surface area contributed by atoms with Crippen molar-refractivity contribution in [1.82, 2.24) is 4.40 Å². The smallest absolute Gasteiger partial charge is 0.0620 e. The van der Waals surface area contributed by atoms with Crippen LogP contribution in [0.15, 0.2) is 127 Å². The third-order valence-electron chi connectivity index (χ3n) is 7.51. The first-order valence-electron chi connectivity index (χ1n) is 12.1. The van der Waals surface area contributed by atoms with Gasteiger partial charge in [0.25, 0.3) is 0 Å². The first-order chi connectivity index (χ1) is 17.4. The molecule has 0 radical (unpaired) electrons. The van der Waals surface area contributed by atoms with Crippen LogP contribution >= 0.6 is 0 Å². The lowest BCUT2D eigenvalue weighted by Crippen LogP contribution is -1.86. The Bertz CT molecular complexity index is 2040. The van der Waals surface area contributed by atoms with Gasteiger partial charge in [-0.05, 0) is 57.3 Å². The first-order valence-corrected chi connectivity index (χ1v) is 12.1. The number of benzene rings is 6. The van der Waals surface area contributed by atoms with Gasteiger partial charge in [0.2, 0.25) is 0 Å². The third kappa shape index (κ3) is 2.58. The van der Waals surface area contributed by atoms with E-state index in [4.69, 9.17) is 0 Å². The van der Waals surface area contributed by atoms with Crippen LogP contribution in [0.2, 0.25) is 0 Å². The number of nitrogens with zero attached hydrogens (tertiary/aromatic N) is 1. The van der Waals surface area contributed by atoms with E-state index in [1.165, 1.54) is 71.1 Å². The number of hydrogen-bond acceptors (Lipinski definition) is 0. The molecule has 0 fully saturated rings. The molecule has 0 aliphatic rings. The Morgan fingerprint density at radius 2 is 1.00 bits per heavy atom. The van der Waals surface area contributed by atoms with Crippen LogP contribution in [0.1, 0.15) is 0 Å². The van der Waals surface area contributed by atoms with E-state index in [0.29, 0.717) is 0 Å². The molecule has 0 spiro atoms. The molecule has 35 heavy (non-hydrogen) atoms. The number of rotatable bonds is 2. The van der Waals surface area contributed by atoms with Gasteiger partial charge in [-0.3, -0.25) is 0 Å². The summed E-state index contributed by atoms with van der Waals surface area (Å²) in [5.41, 5.74) is 8.89. The minimum Gasteiger partial charge on any atom is -0.308 e. The van der Waals surface area contributed by atoms with Crippen LogP contribution in [0, 0.1) is 0 Å². The van der Waals surface area contributed by atoms with Crippen molar-refractivity contribution in [3.05, 3.63) is 127 Å². The van der Waals surface area contributed by atoms with E-state index in [1.807, 2.05) is 0 Å². The van der Waals surface area contributed by atoms with Gasteiger partial charge in [-0.2, -0.15) is 0 Å². The van der Waals surface area contributed by atoms with Crippen molar-refractivity contribution < 1.29 is 0 Å². The molecule has 2 heterocycles. The van der Waals surface area contributed by atoms with Gasteiger partial charge in [-0.25, -0.2) is 0 Å². The van der Waals surface area contributed by atoms with Crippen LogP contribution in [0.3, 0.4) is 0 Å². The van der Waals surface area contributed by atoms with Crippen LogP contribution < -0.4 is 0 Å². The second-order valence-electron chi connectivity index (χ2n) is 9.40. The second kappa shape index (κ2) is 6.94. The van der Waals surface area contributed by atoms with Gasteiger partial charge in [-0.1, -0.05) is 103 Å². The number of fused-ring (bicyclic) bond motifs is 7. The summed E-state index contributed by atoms with van der Waals surface area (Å²) in [6.45, 7) is 0. The van der Waals surface area contributed by atoms with E-state index in [9.17, 15) is 0 Å². The highest BCUT2D eigenvalue weighted by Crippen LogP contribution is 2.42. The van der Waals surface area contributed by atoms with Gasteiger partial charge in [-0.15, -0.1) is 0 Å². The fourth-order valence-electron chi connectivity index (χ4n) is 5.94. The van der Waals surface area contributed by atoms with E-state index in [1.54, 1.807) is 0 Å². The molecular formula is C34H21N. The fourth-order valence-corrected chi connectivity index (χ4v) is 5.94. The Labute approximate surface area is 202 Å². The molecule has 162 valence electrons. The SMILES string of the molecule is c1ccc(-c2ccccc2-c2ccc3c(c2)c2cccc4c5cc6ccccc6cc5n3c24)cc1. The molecule has 1 nitrogen and oxygen atoms in total. The highest BCUT2D eigenvalue weighted by molar-refractivity contribution is 6.25. The molecule has 2 aromatic heterocycles. The fraction of sp³-hybridized carbons (Fsp3) is 0. The minimum atomic E-state index is 1.25. The summed E-state index contributed by atoms with van der Waals surface area (Å²) in [7, 11) is 0. The standard InChI is InChI=1S/C34H21N/c1-2-9-22(10-3-1)26-13-6-7-14-27(26)25-17-18-32-30(20-25)28-15-8-16-29-31-19-23-11-4-5-12-24(23)21-33(31)35(32)34(28)29/h1-21H. The summed E-state index contributed by atoms with van der Waals surface area (Å²) in [5.74, 6) is 0. The molecule has 0 saturated carbocycles. The van der Waals surface area contributed by atoms with Crippen molar-refractivity contribution >= 4 is 48.9 Å². The average Bonchev–Trinajstić information content (AvgIpc) is 3.43. The highest BCUT2D eigenvalue weighted by atomic mass is 14.9. The molecule has 6 aromatic carbocycles. The van der Waals surface area contributed by atoms with Gasteiger partial charge < -0.3 is 4.40 Å². The highest BCUT2D eigenvalue weighted by Gasteiger charge is 2.18. The van der Waals surface area contributed by atoms with Crippen molar-refractivity contribution in [2.24, 2.45) is 0 Å². The van der Waals surface area contributed by atoms with Crippen molar-refractivity contribution in [1.29, 1.82) is 0 Å². The largest absolute Gasteiger partial charge is 0.308 e. The van der Waals surface area contributed by atoms with Crippen LogP contribution in [-0.2, 0) is 0 Å². The topological polar surface area (TPSA) is 4.41 Å². The second-order valence-corrected chi connectivity index (χ2v) is 9.40. The summed E-state index contributed by atoms with van der Waals surface area (Å²) in [4.78, 5) is 0. The monoisotopic (exact) mass is 443 g/mol. The van der Waals surface area contributed by atoms with Crippen LogP contribution in [-0.4, -0.2) is 4.40 Å². The van der Waals surface area contributed by atoms with Crippen molar-refractivity contribution in [3.63, 3.8) is 0 Å². The van der Waals surface area contributed by atoms with Gasteiger partial charge in [0.05, 0.1) is 16.6 Å². The summed E-state index contributed by atoms with van der Waals surface area (Å²) < 4.78 is 2.47. The third-order valence-corrected chi connectivity index (χ3v) is 7.51. The number of para-hydroxylation sites is 1. The minimum absolute atomic E-state index is 1.25. The lowest BCUT2D eigenvalue weighted by atomic mass is 9.93. The molecule has 1 heteroatoms. The van der Waals surface area contributed by atoms with Crippen LogP contribution in [0.5, 0.6) is 0 Å². The van der Waals surface area contributed by atoms with Gasteiger partial charge in [0.15, 0.2) is 0 Å². The predicted molar refractivity (Wildman–Crippen MR) is 149 cm³/mol. The Morgan fingerprint density at radius 3 is 1.77 bits per heavy atom. The lowest BCUT2D eigenvalue weighted by Gasteiger charge is -2.11. The van der Waals surface area contributed by atoms with E-state index in [2.05, 4.69) is 132 Å². The zero-order valence-corrected chi connectivity index (χ0v) is 19.1. The zero-order valence-electron chi connectivity index (χ0n) is 19.1. The van der Waals surface area contributed by atoms with E-state index >= 15 is 0 Å². The van der Waals surface area contributed by atoms with Crippen molar-refractivity contribution in [2.75, 3.05) is 0 Å². The number of aromatic nitrogens is 1. The van der Waals surface area contributed by atoms with Crippen LogP contribution in [0.25, 0.3) is 71.1 Å². The molecule has 0 aliphatic carbocycles. The maximum atomic E-state index is 2.47. The van der Waals surface area contributed by atoms with Gasteiger partial charge >= 0.3 is 0 Å². The molecule has 0 amide bonds. The van der Waals surface area contributed by atoms with Gasteiger partial charge in [0, 0.05) is 21.5 Å². The molecular weight excluding hydrogens is 422 g/mol. The number of hydrogen-bond donors (Lipinski definition) is 0. The summed E-state index contributed by atoms with van der Waals surface area (Å²) in [6, 6.07) is 46.5. The Morgan fingerprint density at radius 1 is 0.371 bits per heavy atom. The summed E-state index contributed by atoms with van der Waals surface area (Å²) >= 11 is 0. The zero-order chi connectivity index (χ0) is 22.9. The van der Waals surface area contributed by atoms with E-state index in [-0.39, 0.29) is 0 Å². The first kappa shape index (κ1) is 18.8. The quantitative estimate of drug-likeness (QED) is 0.251.